The van der Waals surface area contributed by atoms with Crippen molar-refractivity contribution in [3.8, 4) is 0 Å². The van der Waals surface area contributed by atoms with E-state index in [0.29, 0.717) is 18.8 Å². The predicted molar refractivity (Wildman–Crippen MR) is 101 cm³/mol. The third kappa shape index (κ3) is 4.31. The summed E-state index contributed by atoms with van der Waals surface area (Å²) in [6.45, 7) is 2.33. The summed E-state index contributed by atoms with van der Waals surface area (Å²) in [6, 6.07) is -0.399. The smallest absolute Gasteiger partial charge is 0.325 e. The number of hydrogen-bond acceptors (Lipinski definition) is 4. The summed E-state index contributed by atoms with van der Waals surface area (Å²) in [5.74, 6) is 0.344. The van der Waals surface area contributed by atoms with E-state index in [1.807, 2.05) is 11.9 Å². The van der Waals surface area contributed by atoms with Crippen LogP contribution in [0.2, 0.25) is 0 Å². The molecule has 0 unspecified atom stereocenters. The van der Waals surface area contributed by atoms with Crippen molar-refractivity contribution >= 4 is 30.3 Å². The zero-order chi connectivity index (χ0) is 17.9. The van der Waals surface area contributed by atoms with E-state index in [1.54, 1.807) is 0 Å². The molecular weight excluding hydrogens is 356 g/mol. The van der Waals surface area contributed by atoms with Crippen molar-refractivity contribution < 1.29 is 14.4 Å². The number of rotatable bonds is 5. The van der Waals surface area contributed by atoms with Crippen molar-refractivity contribution in [2.45, 2.75) is 56.9 Å². The second-order valence-electron chi connectivity index (χ2n) is 7.68. The van der Waals surface area contributed by atoms with Crippen LogP contribution in [0.15, 0.2) is 0 Å². The van der Waals surface area contributed by atoms with E-state index in [4.69, 9.17) is 0 Å². The molecule has 0 aromatic carbocycles. The lowest BCUT2D eigenvalue weighted by atomic mass is 9.82. The highest BCUT2D eigenvalue weighted by Crippen LogP contribution is 2.33. The highest BCUT2D eigenvalue weighted by Gasteiger charge is 2.51. The maximum absolute atomic E-state index is 12.7. The lowest BCUT2D eigenvalue weighted by Crippen LogP contribution is -2.49. The van der Waals surface area contributed by atoms with Crippen LogP contribution in [0.25, 0.3) is 0 Å². The lowest BCUT2D eigenvalue weighted by molar-refractivity contribution is -0.140. The van der Waals surface area contributed by atoms with Crippen LogP contribution < -0.4 is 10.6 Å². The van der Waals surface area contributed by atoms with Crippen LogP contribution >= 0.6 is 12.4 Å². The van der Waals surface area contributed by atoms with Gasteiger partial charge >= 0.3 is 6.03 Å². The fourth-order valence-corrected chi connectivity index (χ4v) is 4.37. The number of imide groups is 1. The number of hydrogen-bond donors (Lipinski definition) is 2. The van der Waals surface area contributed by atoms with Crippen molar-refractivity contribution in [1.82, 2.24) is 20.4 Å². The quantitative estimate of drug-likeness (QED) is 0.702. The summed E-state index contributed by atoms with van der Waals surface area (Å²) < 4.78 is 0. The van der Waals surface area contributed by atoms with E-state index < -0.39 is 11.6 Å². The molecule has 0 atom stereocenters. The molecule has 4 amide bonds. The highest BCUT2D eigenvalue weighted by atomic mass is 35.5. The van der Waals surface area contributed by atoms with Crippen molar-refractivity contribution in [2.24, 2.45) is 5.92 Å². The third-order valence-electron chi connectivity index (χ3n) is 6.02. The van der Waals surface area contributed by atoms with Gasteiger partial charge in [-0.1, -0.05) is 19.3 Å². The normalized spacial score (nSPS) is 23.1. The number of halogens is 1. The van der Waals surface area contributed by atoms with Gasteiger partial charge in [0.1, 0.15) is 12.1 Å². The zero-order valence-electron chi connectivity index (χ0n) is 15.6. The fourth-order valence-electron chi connectivity index (χ4n) is 4.37. The summed E-state index contributed by atoms with van der Waals surface area (Å²) >= 11 is 0. The maximum atomic E-state index is 12.7. The van der Waals surface area contributed by atoms with Gasteiger partial charge in [0.05, 0.1) is 0 Å². The Morgan fingerprint density at radius 2 is 1.85 bits per heavy atom. The van der Waals surface area contributed by atoms with Crippen LogP contribution in [0.1, 0.15) is 51.4 Å². The van der Waals surface area contributed by atoms with E-state index >= 15 is 0 Å². The molecule has 148 valence electrons. The van der Waals surface area contributed by atoms with Crippen molar-refractivity contribution in [2.75, 3.05) is 33.2 Å². The number of likely N-dealkylation sites (tertiary alicyclic amines) is 1. The Balaban J connectivity index is 0.00000243. The van der Waals surface area contributed by atoms with Crippen LogP contribution in [0.3, 0.4) is 0 Å². The number of carbonyl (C=O) groups is 3. The number of urea groups is 1. The Labute approximate surface area is 161 Å². The van der Waals surface area contributed by atoms with E-state index in [-0.39, 0.29) is 30.8 Å². The number of nitrogens with zero attached hydrogens (tertiary/aromatic N) is 2. The molecule has 2 aliphatic heterocycles. The molecule has 26 heavy (non-hydrogen) atoms. The van der Waals surface area contributed by atoms with Crippen molar-refractivity contribution in [1.29, 1.82) is 0 Å². The van der Waals surface area contributed by atoms with Crippen LogP contribution in [0, 0.1) is 5.92 Å². The average molecular weight is 387 g/mol. The van der Waals surface area contributed by atoms with E-state index in [0.717, 1.165) is 63.1 Å². The van der Waals surface area contributed by atoms with Gasteiger partial charge in [-0.15, -0.1) is 12.4 Å². The standard InChI is InChI=1S/C18H30N4O3.ClH/c1-19-10-5-14-6-11-21(12-7-14)15(23)13-22-16(24)18(20-17(22)25)8-3-2-4-9-18;/h14,19H,2-13H2,1H3,(H,20,25);1H. The van der Waals surface area contributed by atoms with Gasteiger partial charge in [0.15, 0.2) is 0 Å². The summed E-state index contributed by atoms with van der Waals surface area (Å²) in [5, 5.41) is 6.03. The first-order valence-corrected chi connectivity index (χ1v) is 9.62. The average Bonchev–Trinajstić information content (AvgIpc) is 2.85. The van der Waals surface area contributed by atoms with Gasteiger partial charge in [-0.25, -0.2) is 4.79 Å². The molecule has 2 heterocycles. The minimum absolute atomic E-state index is 0. The van der Waals surface area contributed by atoms with E-state index in [2.05, 4.69) is 10.6 Å². The van der Waals surface area contributed by atoms with Gasteiger partial charge in [0.25, 0.3) is 5.91 Å². The SMILES string of the molecule is CNCCC1CCN(C(=O)CN2C(=O)NC3(CCCCC3)C2=O)CC1.Cl. The zero-order valence-corrected chi connectivity index (χ0v) is 16.4. The first kappa shape index (κ1) is 21.0. The number of nitrogens with one attached hydrogen (secondary N) is 2. The fraction of sp³-hybridized carbons (Fsp3) is 0.833. The minimum Gasteiger partial charge on any atom is -0.341 e. The van der Waals surface area contributed by atoms with Crippen molar-refractivity contribution in [3.05, 3.63) is 0 Å². The largest absolute Gasteiger partial charge is 0.341 e. The van der Waals surface area contributed by atoms with Crippen LogP contribution in [0.5, 0.6) is 0 Å². The molecule has 3 fully saturated rings. The summed E-state index contributed by atoms with van der Waals surface area (Å²) in [6.07, 6.45) is 7.52. The van der Waals surface area contributed by atoms with Crippen LogP contribution in [-0.4, -0.2) is 66.4 Å². The summed E-state index contributed by atoms with van der Waals surface area (Å²) in [7, 11) is 1.95. The predicted octanol–water partition coefficient (Wildman–Crippen LogP) is 1.51. The second-order valence-corrected chi connectivity index (χ2v) is 7.68. The van der Waals surface area contributed by atoms with Gasteiger partial charge < -0.3 is 15.5 Å². The molecule has 1 aliphatic carbocycles. The molecule has 0 aromatic heterocycles. The third-order valence-corrected chi connectivity index (χ3v) is 6.02. The summed E-state index contributed by atoms with van der Waals surface area (Å²) in [4.78, 5) is 40.5. The Morgan fingerprint density at radius 3 is 2.46 bits per heavy atom. The van der Waals surface area contributed by atoms with Gasteiger partial charge in [-0.2, -0.15) is 0 Å². The Bertz CT molecular complexity index is 529. The Hall–Kier alpha value is -1.34. The van der Waals surface area contributed by atoms with E-state index in [9.17, 15) is 14.4 Å². The molecule has 3 rings (SSSR count). The summed E-state index contributed by atoms with van der Waals surface area (Å²) in [5.41, 5.74) is -0.740. The molecule has 3 aliphatic rings. The number of piperidine rings is 1. The second kappa shape index (κ2) is 9.04. The molecule has 0 bridgehead atoms. The molecule has 7 nitrogen and oxygen atoms in total. The van der Waals surface area contributed by atoms with Gasteiger partial charge in [-0.05, 0) is 51.6 Å². The molecule has 0 aromatic rings. The Kier molecular flexibility index (Phi) is 7.29. The highest BCUT2D eigenvalue weighted by molar-refractivity contribution is 6.09. The molecule has 1 saturated carbocycles. The minimum atomic E-state index is -0.740. The van der Waals surface area contributed by atoms with Crippen LogP contribution in [-0.2, 0) is 9.59 Å². The molecule has 2 saturated heterocycles. The molecular formula is C18H31ClN4O3. The van der Waals surface area contributed by atoms with Crippen LogP contribution in [0.4, 0.5) is 4.79 Å². The topological polar surface area (TPSA) is 81.8 Å². The van der Waals surface area contributed by atoms with Gasteiger partial charge in [0, 0.05) is 13.1 Å². The molecule has 1 spiro atoms. The first-order chi connectivity index (χ1) is 12.1. The number of amides is 4. The lowest BCUT2D eigenvalue weighted by Gasteiger charge is -2.33. The van der Waals surface area contributed by atoms with Gasteiger partial charge in [0.2, 0.25) is 5.91 Å². The molecule has 2 N–H and O–H groups in total. The van der Waals surface area contributed by atoms with Crippen molar-refractivity contribution in [3.63, 3.8) is 0 Å². The molecule has 0 radical (unpaired) electrons. The van der Waals surface area contributed by atoms with E-state index in [1.165, 1.54) is 0 Å². The first-order valence-electron chi connectivity index (χ1n) is 9.62. The maximum Gasteiger partial charge on any atom is 0.325 e. The molecule has 8 heteroatoms. The van der Waals surface area contributed by atoms with Gasteiger partial charge in [-0.3, -0.25) is 14.5 Å². The number of carbonyl (C=O) groups excluding carboxylic acids is 3. The monoisotopic (exact) mass is 386 g/mol. The Morgan fingerprint density at radius 1 is 1.19 bits per heavy atom.